The summed E-state index contributed by atoms with van der Waals surface area (Å²) in [6.07, 6.45) is 1.28. The molecule has 1 aromatic heterocycles. The van der Waals surface area contributed by atoms with E-state index in [4.69, 9.17) is 4.42 Å². The minimum absolute atomic E-state index is 0.769. The van der Waals surface area contributed by atoms with Crippen LogP contribution in [0.25, 0.3) is 0 Å². The van der Waals surface area contributed by atoms with Crippen LogP contribution >= 0.6 is 0 Å². The summed E-state index contributed by atoms with van der Waals surface area (Å²) in [7, 11) is 2.09. The van der Waals surface area contributed by atoms with E-state index in [1.807, 2.05) is 19.1 Å². The fourth-order valence-electron chi connectivity index (χ4n) is 1.97. The summed E-state index contributed by atoms with van der Waals surface area (Å²) in [5, 5.41) is 3.38. The fraction of sp³-hybridized carbons (Fsp3) is 0.636. The molecule has 14 heavy (non-hydrogen) atoms. The molecule has 1 N–H and O–H groups in total. The number of furan rings is 1. The first-order valence-corrected chi connectivity index (χ1v) is 5.24. The smallest absolute Gasteiger partial charge is 0.195 e. The minimum Gasteiger partial charge on any atom is -0.446 e. The van der Waals surface area contributed by atoms with E-state index in [0.717, 1.165) is 37.2 Å². The molecule has 2 rings (SSSR count). The van der Waals surface area contributed by atoms with Gasteiger partial charge in [-0.1, -0.05) is 0 Å². The normalized spacial score (nSPS) is 21.4. The van der Waals surface area contributed by atoms with Gasteiger partial charge in [-0.05, 0) is 38.4 Å². The number of aryl methyl sites for hydroxylation is 1. The highest BCUT2D eigenvalue weighted by molar-refractivity contribution is 5.35. The monoisotopic (exact) mass is 194 g/mol. The Labute approximate surface area is 85.1 Å². The maximum atomic E-state index is 5.56. The molecule has 2 heterocycles. The maximum Gasteiger partial charge on any atom is 0.195 e. The summed E-state index contributed by atoms with van der Waals surface area (Å²) in [4.78, 5) is 2.20. The molecule has 0 aliphatic carbocycles. The molecular formula is C11H18N2O. The predicted molar refractivity (Wildman–Crippen MR) is 57.7 cm³/mol. The molecule has 3 nitrogen and oxygen atoms in total. The Morgan fingerprint density at radius 2 is 2.43 bits per heavy atom. The van der Waals surface area contributed by atoms with Crippen LogP contribution in [0.1, 0.15) is 12.2 Å². The molecule has 0 radical (unpaired) electrons. The second-order valence-electron chi connectivity index (χ2n) is 4.12. The average Bonchev–Trinajstić information content (AvgIpc) is 2.75. The Morgan fingerprint density at radius 3 is 3.00 bits per heavy atom. The fourth-order valence-corrected chi connectivity index (χ4v) is 1.97. The van der Waals surface area contributed by atoms with Crippen LogP contribution < -0.4 is 10.2 Å². The van der Waals surface area contributed by atoms with Gasteiger partial charge >= 0.3 is 0 Å². The van der Waals surface area contributed by atoms with Gasteiger partial charge in [0.15, 0.2) is 5.88 Å². The van der Waals surface area contributed by atoms with Crippen molar-refractivity contribution in [2.24, 2.45) is 5.92 Å². The summed E-state index contributed by atoms with van der Waals surface area (Å²) in [6, 6.07) is 4.05. The number of hydrogen-bond acceptors (Lipinski definition) is 3. The summed E-state index contributed by atoms with van der Waals surface area (Å²) in [5.41, 5.74) is 0. The lowest BCUT2D eigenvalue weighted by Gasteiger charge is -2.19. The third kappa shape index (κ3) is 2.10. The van der Waals surface area contributed by atoms with Crippen molar-refractivity contribution in [2.45, 2.75) is 13.3 Å². The van der Waals surface area contributed by atoms with Crippen molar-refractivity contribution in [3.8, 4) is 0 Å². The molecule has 1 atom stereocenters. The number of nitrogens with zero attached hydrogens (tertiary/aromatic N) is 1. The topological polar surface area (TPSA) is 28.4 Å². The van der Waals surface area contributed by atoms with Crippen LogP contribution in [0.2, 0.25) is 0 Å². The van der Waals surface area contributed by atoms with Gasteiger partial charge in [-0.3, -0.25) is 0 Å². The lowest BCUT2D eigenvalue weighted by Crippen LogP contribution is -2.26. The molecule has 0 aromatic carbocycles. The first-order chi connectivity index (χ1) is 6.75. The average molecular weight is 194 g/mol. The van der Waals surface area contributed by atoms with Gasteiger partial charge < -0.3 is 14.6 Å². The van der Waals surface area contributed by atoms with Gasteiger partial charge in [0.25, 0.3) is 0 Å². The van der Waals surface area contributed by atoms with E-state index in [1.54, 1.807) is 0 Å². The quantitative estimate of drug-likeness (QED) is 0.792. The van der Waals surface area contributed by atoms with Gasteiger partial charge in [0.1, 0.15) is 5.76 Å². The summed E-state index contributed by atoms with van der Waals surface area (Å²) >= 11 is 0. The van der Waals surface area contributed by atoms with Crippen LogP contribution in [-0.4, -0.2) is 26.7 Å². The molecule has 0 amide bonds. The molecule has 1 unspecified atom stereocenters. The number of nitrogens with one attached hydrogen (secondary N) is 1. The summed E-state index contributed by atoms with van der Waals surface area (Å²) < 4.78 is 5.56. The highest BCUT2D eigenvalue weighted by atomic mass is 16.4. The maximum absolute atomic E-state index is 5.56. The van der Waals surface area contributed by atoms with Crippen molar-refractivity contribution in [3.05, 3.63) is 17.9 Å². The predicted octanol–water partition coefficient (Wildman–Crippen LogP) is 1.63. The van der Waals surface area contributed by atoms with E-state index in [-0.39, 0.29) is 0 Å². The summed E-state index contributed by atoms with van der Waals surface area (Å²) in [5.74, 6) is 2.73. The Hall–Kier alpha value is -0.960. The van der Waals surface area contributed by atoms with Crippen LogP contribution in [0.3, 0.4) is 0 Å². The molecular weight excluding hydrogens is 176 g/mol. The third-order valence-corrected chi connectivity index (χ3v) is 2.80. The van der Waals surface area contributed by atoms with Crippen LogP contribution in [-0.2, 0) is 0 Å². The van der Waals surface area contributed by atoms with E-state index >= 15 is 0 Å². The molecule has 0 spiro atoms. The van der Waals surface area contributed by atoms with Crippen molar-refractivity contribution >= 4 is 5.88 Å². The van der Waals surface area contributed by atoms with Crippen LogP contribution in [0.15, 0.2) is 16.5 Å². The highest BCUT2D eigenvalue weighted by Crippen LogP contribution is 2.19. The number of anilines is 1. The Morgan fingerprint density at radius 1 is 1.57 bits per heavy atom. The standard InChI is InChI=1S/C11H18N2O/c1-9-3-4-11(14-9)13(2)8-10-5-6-12-7-10/h3-4,10,12H,5-8H2,1-2H3. The van der Waals surface area contributed by atoms with Crippen molar-refractivity contribution in [1.29, 1.82) is 0 Å². The van der Waals surface area contributed by atoms with Crippen molar-refractivity contribution in [3.63, 3.8) is 0 Å². The van der Waals surface area contributed by atoms with Crippen LogP contribution in [0, 0.1) is 12.8 Å². The number of hydrogen-bond donors (Lipinski definition) is 1. The van der Waals surface area contributed by atoms with Crippen LogP contribution in [0.4, 0.5) is 5.88 Å². The van der Waals surface area contributed by atoms with Gasteiger partial charge in [-0.2, -0.15) is 0 Å². The SMILES string of the molecule is Cc1ccc(N(C)CC2CCNC2)o1. The van der Waals surface area contributed by atoms with Crippen LogP contribution in [0.5, 0.6) is 0 Å². The zero-order valence-corrected chi connectivity index (χ0v) is 8.92. The minimum atomic E-state index is 0.769. The first kappa shape index (κ1) is 9.59. The summed E-state index contributed by atoms with van der Waals surface area (Å²) in [6.45, 7) is 5.37. The second-order valence-corrected chi connectivity index (χ2v) is 4.12. The highest BCUT2D eigenvalue weighted by Gasteiger charge is 2.17. The largest absolute Gasteiger partial charge is 0.446 e. The van der Waals surface area contributed by atoms with E-state index < -0.39 is 0 Å². The Balaban J connectivity index is 1.91. The zero-order chi connectivity index (χ0) is 9.97. The lowest BCUT2D eigenvalue weighted by molar-refractivity contribution is 0.500. The molecule has 1 fully saturated rings. The van der Waals surface area contributed by atoms with Crippen molar-refractivity contribution in [2.75, 3.05) is 31.6 Å². The Kier molecular flexibility index (Phi) is 2.77. The van der Waals surface area contributed by atoms with E-state index in [1.165, 1.54) is 6.42 Å². The number of rotatable bonds is 3. The van der Waals surface area contributed by atoms with Gasteiger partial charge in [0, 0.05) is 19.7 Å². The molecule has 1 aliphatic heterocycles. The second kappa shape index (κ2) is 4.05. The molecule has 1 aromatic rings. The molecule has 0 bridgehead atoms. The van der Waals surface area contributed by atoms with Crippen molar-refractivity contribution < 1.29 is 4.42 Å². The van der Waals surface area contributed by atoms with E-state index in [2.05, 4.69) is 17.3 Å². The first-order valence-electron chi connectivity index (χ1n) is 5.24. The molecule has 1 saturated heterocycles. The molecule has 1 aliphatic rings. The third-order valence-electron chi connectivity index (χ3n) is 2.80. The van der Waals surface area contributed by atoms with Gasteiger partial charge in [0.2, 0.25) is 0 Å². The van der Waals surface area contributed by atoms with Gasteiger partial charge in [-0.15, -0.1) is 0 Å². The Bertz CT molecular complexity index is 289. The van der Waals surface area contributed by atoms with Gasteiger partial charge in [-0.25, -0.2) is 0 Å². The molecule has 0 saturated carbocycles. The molecule has 78 valence electrons. The molecule has 3 heteroatoms. The zero-order valence-electron chi connectivity index (χ0n) is 8.92. The van der Waals surface area contributed by atoms with E-state index in [9.17, 15) is 0 Å². The lowest BCUT2D eigenvalue weighted by atomic mass is 10.1. The van der Waals surface area contributed by atoms with E-state index in [0.29, 0.717) is 0 Å². The van der Waals surface area contributed by atoms with Gasteiger partial charge in [0.05, 0.1) is 0 Å². The van der Waals surface area contributed by atoms with Crippen molar-refractivity contribution in [1.82, 2.24) is 5.32 Å².